The van der Waals surface area contributed by atoms with E-state index in [0.717, 1.165) is 37.6 Å². The van der Waals surface area contributed by atoms with Crippen LogP contribution in [0.5, 0.6) is 5.75 Å². The van der Waals surface area contributed by atoms with Gasteiger partial charge in [-0.2, -0.15) is 12.6 Å². The number of ether oxygens (including phenoxy) is 1. The molecule has 15 heavy (non-hydrogen) atoms. The zero-order valence-corrected chi connectivity index (χ0v) is 9.96. The van der Waals surface area contributed by atoms with E-state index in [1.165, 1.54) is 11.1 Å². The Balaban J connectivity index is 2.03. The van der Waals surface area contributed by atoms with Crippen LogP contribution >= 0.6 is 12.6 Å². The SMILES string of the molecule is CN(CCS)Cc1ccc2c(c1)CCO2. The van der Waals surface area contributed by atoms with Crippen LogP contribution in [0.3, 0.4) is 0 Å². The van der Waals surface area contributed by atoms with Crippen LogP contribution < -0.4 is 4.74 Å². The van der Waals surface area contributed by atoms with Gasteiger partial charge in [0.2, 0.25) is 0 Å². The highest BCUT2D eigenvalue weighted by Crippen LogP contribution is 2.26. The molecule has 0 saturated heterocycles. The van der Waals surface area contributed by atoms with E-state index in [2.05, 4.69) is 42.8 Å². The molecule has 0 unspecified atom stereocenters. The summed E-state index contributed by atoms with van der Waals surface area (Å²) in [7, 11) is 2.12. The van der Waals surface area contributed by atoms with E-state index in [4.69, 9.17) is 4.74 Å². The fraction of sp³-hybridized carbons (Fsp3) is 0.500. The molecule has 1 aromatic rings. The lowest BCUT2D eigenvalue weighted by molar-refractivity contribution is 0.348. The molecule has 3 heteroatoms. The van der Waals surface area contributed by atoms with Crippen LogP contribution in [0.4, 0.5) is 0 Å². The minimum absolute atomic E-state index is 0.839. The van der Waals surface area contributed by atoms with E-state index >= 15 is 0 Å². The Morgan fingerprint density at radius 2 is 2.33 bits per heavy atom. The van der Waals surface area contributed by atoms with Gasteiger partial charge in [-0.1, -0.05) is 12.1 Å². The minimum atomic E-state index is 0.839. The molecular weight excluding hydrogens is 206 g/mol. The van der Waals surface area contributed by atoms with Gasteiger partial charge in [0, 0.05) is 25.3 Å². The van der Waals surface area contributed by atoms with Crippen molar-refractivity contribution in [1.82, 2.24) is 4.90 Å². The maximum atomic E-state index is 5.48. The fourth-order valence-electron chi connectivity index (χ4n) is 1.90. The van der Waals surface area contributed by atoms with Gasteiger partial charge in [-0.3, -0.25) is 0 Å². The Labute approximate surface area is 96.6 Å². The van der Waals surface area contributed by atoms with E-state index in [-0.39, 0.29) is 0 Å². The zero-order valence-electron chi connectivity index (χ0n) is 9.07. The molecule has 1 aliphatic heterocycles. The van der Waals surface area contributed by atoms with Crippen molar-refractivity contribution in [1.29, 1.82) is 0 Å². The van der Waals surface area contributed by atoms with Gasteiger partial charge in [-0.25, -0.2) is 0 Å². The third-order valence-electron chi connectivity index (χ3n) is 2.69. The second-order valence-corrected chi connectivity index (χ2v) is 4.45. The average molecular weight is 223 g/mol. The molecule has 0 amide bonds. The van der Waals surface area contributed by atoms with Crippen LogP contribution in [0.25, 0.3) is 0 Å². The standard InChI is InChI=1S/C12H17NOS/c1-13(5-7-15)9-10-2-3-12-11(8-10)4-6-14-12/h2-3,8,15H,4-7,9H2,1H3. The Kier molecular flexibility index (Phi) is 3.54. The van der Waals surface area contributed by atoms with E-state index in [9.17, 15) is 0 Å². The van der Waals surface area contributed by atoms with Crippen LogP contribution in [-0.4, -0.2) is 30.9 Å². The van der Waals surface area contributed by atoms with Crippen molar-refractivity contribution in [3.8, 4) is 5.75 Å². The summed E-state index contributed by atoms with van der Waals surface area (Å²) >= 11 is 4.23. The molecule has 2 rings (SSSR count). The van der Waals surface area contributed by atoms with Gasteiger partial charge in [0.15, 0.2) is 0 Å². The summed E-state index contributed by atoms with van der Waals surface area (Å²) in [6.07, 6.45) is 1.06. The molecule has 0 bridgehead atoms. The Bertz CT molecular complexity index is 340. The molecule has 0 N–H and O–H groups in total. The van der Waals surface area contributed by atoms with Crippen molar-refractivity contribution in [3.63, 3.8) is 0 Å². The first-order valence-corrected chi connectivity index (χ1v) is 5.97. The molecule has 0 fully saturated rings. The highest BCUT2D eigenvalue weighted by atomic mass is 32.1. The van der Waals surface area contributed by atoms with Gasteiger partial charge in [-0.05, 0) is 24.2 Å². The van der Waals surface area contributed by atoms with Crippen LogP contribution in [0.15, 0.2) is 18.2 Å². The summed E-state index contributed by atoms with van der Waals surface area (Å²) in [6.45, 7) is 2.86. The van der Waals surface area contributed by atoms with Crippen molar-refractivity contribution in [2.24, 2.45) is 0 Å². The van der Waals surface area contributed by atoms with Gasteiger partial charge in [0.25, 0.3) is 0 Å². The van der Waals surface area contributed by atoms with Crippen molar-refractivity contribution < 1.29 is 4.74 Å². The van der Waals surface area contributed by atoms with E-state index in [1.807, 2.05) is 0 Å². The topological polar surface area (TPSA) is 12.5 Å². The second-order valence-electron chi connectivity index (χ2n) is 4.00. The quantitative estimate of drug-likeness (QED) is 0.784. The lowest BCUT2D eigenvalue weighted by Crippen LogP contribution is -2.20. The lowest BCUT2D eigenvalue weighted by atomic mass is 10.1. The minimum Gasteiger partial charge on any atom is -0.493 e. The maximum Gasteiger partial charge on any atom is 0.122 e. The highest BCUT2D eigenvalue weighted by Gasteiger charge is 2.12. The third kappa shape index (κ3) is 2.67. The highest BCUT2D eigenvalue weighted by molar-refractivity contribution is 7.80. The molecule has 0 spiro atoms. The molecule has 0 saturated carbocycles. The van der Waals surface area contributed by atoms with Crippen molar-refractivity contribution in [2.45, 2.75) is 13.0 Å². The molecule has 0 radical (unpaired) electrons. The van der Waals surface area contributed by atoms with Crippen LogP contribution in [0.2, 0.25) is 0 Å². The molecule has 0 atom stereocenters. The van der Waals surface area contributed by atoms with Crippen LogP contribution in [0.1, 0.15) is 11.1 Å². The van der Waals surface area contributed by atoms with Crippen molar-refractivity contribution in [3.05, 3.63) is 29.3 Å². The number of thiol groups is 1. The van der Waals surface area contributed by atoms with Gasteiger partial charge in [-0.15, -0.1) is 0 Å². The summed E-state index contributed by atoms with van der Waals surface area (Å²) in [5.74, 6) is 1.97. The van der Waals surface area contributed by atoms with Crippen LogP contribution in [-0.2, 0) is 13.0 Å². The molecule has 82 valence electrons. The number of hydrogen-bond acceptors (Lipinski definition) is 3. The second kappa shape index (κ2) is 4.90. The molecule has 1 aliphatic rings. The normalized spacial score (nSPS) is 14.1. The van der Waals surface area contributed by atoms with Crippen LogP contribution in [0, 0.1) is 0 Å². The van der Waals surface area contributed by atoms with Crippen molar-refractivity contribution in [2.75, 3.05) is 26.0 Å². The number of nitrogens with zero attached hydrogens (tertiary/aromatic N) is 1. The van der Waals surface area contributed by atoms with Gasteiger partial charge in [0.05, 0.1) is 6.61 Å². The monoisotopic (exact) mass is 223 g/mol. The summed E-state index contributed by atoms with van der Waals surface area (Å²) in [5.41, 5.74) is 2.72. The van der Waals surface area contributed by atoms with E-state index < -0.39 is 0 Å². The maximum absolute atomic E-state index is 5.48. The number of fused-ring (bicyclic) bond motifs is 1. The predicted octanol–water partition coefficient (Wildman–Crippen LogP) is 1.98. The first kappa shape index (κ1) is 10.8. The summed E-state index contributed by atoms with van der Waals surface area (Å²) < 4.78 is 5.48. The first-order valence-electron chi connectivity index (χ1n) is 5.33. The van der Waals surface area contributed by atoms with Gasteiger partial charge >= 0.3 is 0 Å². The van der Waals surface area contributed by atoms with Gasteiger partial charge in [0.1, 0.15) is 5.75 Å². The number of hydrogen-bond donors (Lipinski definition) is 1. The van der Waals surface area contributed by atoms with Crippen molar-refractivity contribution >= 4 is 12.6 Å². The number of rotatable bonds is 4. The smallest absolute Gasteiger partial charge is 0.122 e. The Morgan fingerprint density at radius 1 is 1.47 bits per heavy atom. The molecule has 1 aromatic carbocycles. The summed E-state index contributed by atoms with van der Waals surface area (Å²) in [5, 5.41) is 0. The number of benzene rings is 1. The summed E-state index contributed by atoms with van der Waals surface area (Å²) in [6, 6.07) is 6.50. The first-order chi connectivity index (χ1) is 7.29. The largest absolute Gasteiger partial charge is 0.493 e. The van der Waals surface area contributed by atoms with E-state index in [1.54, 1.807) is 0 Å². The predicted molar refractivity (Wildman–Crippen MR) is 65.8 cm³/mol. The lowest BCUT2D eigenvalue weighted by Gasteiger charge is -2.15. The van der Waals surface area contributed by atoms with Gasteiger partial charge < -0.3 is 9.64 Å². The summed E-state index contributed by atoms with van der Waals surface area (Å²) in [4.78, 5) is 2.28. The Hall–Kier alpha value is -0.670. The molecule has 2 nitrogen and oxygen atoms in total. The zero-order chi connectivity index (χ0) is 10.7. The molecule has 0 aromatic heterocycles. The molecular formula is C12H17NOS. The third-order valence-corrected chi connectivity index (χ3v) is 2.89. The average Bonchev–Trinajstić information content (AvgIpc) is 2.65. The Morgan fingerprint density at radius 3 is 3.13 bits per heavy atom. The molecule has 1 heterocycles. The molecule has 0 aliphatic carbocycles. The fourth-order valence-corrected chi connectivity index (χ4v) is 2.24. The van der Waals surface area contributed by atoms with E-state index in [0.29, 0.717) is 0 Å².